The molecule has 1 amide bonds. The summed E-state index contributed by atoms with van der Waals surface area (Å²) in [5.41, 5.74) is 4.22. The number of carbonyl (C=O) groups is 1. The van der Waals surface area contributed by atoms with Gasteiger partial charge in [-0.15, -0.1) is 0 Å². The Morgan fingerprint density at radius 3 is 2.81 bits per heavy atom. The number of rotatable bonds is 3. The molecule has 1 aromatic carbocycles. The zero-order chi connectivity index (χ0) is 18.3. The molecule has 134 valence electrons. The summed E-state index contributed by atoms with van der Waals surface area (Å²) in [7, 11) is 1.79. The van der Waals surface area contributed by atoms with E-state index in [1.54, 1.807) is 41.8 Å². The van der Waals surface area contributed by atoms with Gasteiger partial charge >= 0.3 is 0 Å². The van der Waals surface area contributed by atoms with Crippen LogP contribution in [0.5, 0.6) is 0 Å². The topological polar surface area (TPSA) is 64.7 Å². The zero-order valence-corrected chi connectivity index (χ0v) is 14.8. The third kappa shape index (κ3) is 2.89. The first-order valence-electron chi connectivity index (χ1n) is 8.70. The molecule has 2 aromatic heterocycles. The summed E-state index contributed by atoms with van der Waals surface area (Å²) in [6, 6.07) is 5.04. The van der Waals surface area contributed by atoms with Crippen LogP contribution < -0.4 is 5.32 Å². The highest BCUT2D eigenvalue weighted by atomic mass is 19.1. The smallest absolute Gasteiger partial charge is 0.276 e. The summed E-state index contributed by atoms with van der Waals surface area (Å²) in [5, 5.41) is 11.4. The molecule has 1 aliphatic rings. The second kappa shape index (κ2) is 6.40. The minimum absolute atomic E-state index is 0.262. The van der Waals surface area contributed by atoms with E-state index in [0.717, 1.165) is 36.9 Å². The van der Waals surface area contributed by atoms with Gasteiger partial charge in [0.2, 0.25) is 0 Å². The second-order valence-corrected chi connectivity index (χ2v) is 6.68. The van der Waals surface area contributed by atoms with Gasteiger partial charge in [-0.05, 0) is 50.3 Å². The Balaban J connectivity index is 1.74. The summed E-state index contributed by atoms with van der Waals surface area (Å²) < 4.78 is 17.4. The van der Waals surface area contributed by atoms with Crippen molar-refractivity contribution >= 4 is 11.6 Å². The van der Waals surface area contributed by atoms with Crippen LogP contribution >= 0.6 is 0 Å². The van der Waals surface area contributed by atoms with Crippen molar-refractivity contribution in [2.24, 2.45) is 7.05 Å². The third-order valence-corrected chi connectivity index (χ3v) is 4.76. The fourth-order valence-electron chi connectivity index (χ4n) is 3.38. The molecule has 0 unspecified atom stereocenters. The molecule has 0 radical (unpaired) electrons. The van der Waals surface area contributed by atoms with Crippen LogP contribution in [-0.2, 0) is 19.9 Å². The van der Waals surface area contributed by atoms with E-state index in [1.165, 1.54) is 6.07 Å². The first-order valence-corrected chi connectivity index (χ1v) is 8.70. The van der Waals surface area contributed by atoms with Gasteiger partial charge in [0.05, 0.1) is 17.6 Å². The predicted molar refractivity (Wildman–Crippen MR) is 96.1 cm³/mol. The molecule has 0 spiro atoms. The molecule has 6 nitrogen and oxygen atoms in total. The Labute approximate surface area is 150 Å². The Hall–Kier alpha value is -2.96. The van der Waals surface area contributed by atoms with Crippen molar-refractivity contribution in [2.45, 2.75) is 32.6 Å². The van der Waals surface area contributed by atoms with E-state index in [2.05, 4.69) is 15.5 Å². The van der Waals surface area contributed by atoms with E-state index < -0.39 is 0 Å². The Bertz CT molecular complexity index is 988. The monoisotopic (exact) mass is 353 g/mol. The van der Waals surface area contributed by atoms with Gasteiger partial charge in [-0.3, -0.25) is 9.48 Å². The van der Waals surface area contributed by atoms with Gasteiger partial charge in [0.1, 0.15) is 5.82 Å². The summed E-state index contributed by atoms with van der Waals surface area (Å²) in [5.74, 6) is -0.536. The van der Waals surface area contributed by atoms with Crippen LogP contribution in [0.3, 0.4) is 0 Å². The molecular formula is C19H20FN5O. The van der Waals surface area contributed by atoms with Crippen molar-refractivity contribution in [3.05, 3.63) is 58.9 Å². The van der Waals surface area contributed by atoms with E-state index in [9.17, 15) is 9.18 Å². The Morgan fingerprint density at radius 2 is 2.08 bits per heavy atom. The first-order chi connectivity index (χ1) is 12.5. The number of benzene rings is 1. The lowest BCUT2D eigenvalue weighted by Crippen LogP contribution is -2.15. The number of fused-ring (bicyclic) bond motifs is 1. The number of aromatic nitrogens is 4. The van der Waals surface area contributed by atoms with Gasteiger partial charge in [0.25, 0.3) is 5.91 Å². The van der Waals surface area contributed by atoms with Crippen molar-refractivity contribution in [3.63, 3.8) is 0 Å². The molecule has 0 aliphatic heterocycles. The molecule has 0 saturated heterocycles. The van der Waals surface area contributed by atoms with Gasteiger partial charge in [0, 0.05) is 24.5 Å². The van der Waals surface area contributed by atoms with Crippen molar-refractivity contribution in [3.8, 4) is 5.69 Å². The molecular weight excluding hydrogens is 333 g/mol. The molecule has 0 atom stereocenters. The number of nitrogens with one attached hydrogen (secondary N) is 1. The maximum Gasteiger partial charge on any atom is 0.276 e. The molecule has 1 N–H and O–H groups in total. The van der Waals surface area contributed by atoms with Crippen LogP contribution in [0.25, 0.3) is 5.69 Å². The van der Waals surface area contributed by atoms with Crippen molar-refractivity contribution < 1.29 is 9.18 Å². The third-order valence-electron chi connectivity index (χ3n) is 4.76. The largest absolute Gasteiger partial charge is 0.318 e. The number of aryl methyl sites for hydroxylation is 2. The van der Waals surface area contributed by atoms with Crippen LogP contribution in [0.1, 0.15) is 40.2 Å². The maximum absolute atomic E-state index is 14.0. The SMILES string of the molecule is Cc1ccc(-n2nc(C(=O)Nc3cnn(C)c3)c3c2CCCC3)cc1F. The van der Waals surface area contributed by atoms with Crippen molar-refractivity contribution in [1.82, 2.24) is 19.6 Å². The summed E-state index contributed by atoms with van der Waals surface area (Å²) in [6.45, 7) is 1.73. The van der Waals surface area contributed by atoms with Gasteiger partial charge in [-0.2, -0.15) is 10.2 Å². The van der Waals surface area contributed by atoms with Gasteiger partial charge in [0.15, 0.2) is 5.69 Å². The predicted octanol–water partition coefficient (Wildman–Crippen LogP) is 3.18. The van der Waals surface area contributed by atoms with Gasteiger partial charge in [-0.25, -0.2) is 9.07 Å². The average Bonchev–Trinajstić information content (AvgIpc) is 3.21. The number of carbonyl (C=O) groups excluding carboxylic acids is 1. The molecule has 4 rings (SSSR count). The lowest BCUT2D eigenvalue weighted by molar-refractivity contribution is 0.102. The van der Waals surface area contributed by atoms with Gasteiger partial charge < -0.3 is 5.32 Å². The van der Waals surface area contributed by atoms with E-state index in [4.69, 9.17) is 0 Å². The number of amides is 1. The second-order valence-electron chi connectivity index (χ2n) is 6.68. The minimum atomic E-state index is -0.274. The van der Waals surface area contributed by atoms with Crippen LogP contribution in [0, 0.1) is 12.7 Å². The fraction of sp³-hybridized carbons (Fsp3) is 0.316. The molecule has 26 heavy (non-hydrogen) atoms. The molecule has 7 heteroatoms. The number of anilines is 1. The summed E-state index contributed by atoms with van der Waals surface area (Å²) in [6.07, 6.45) is 7.02. The Kier molecular flexibility index (Phi) is 4.06. The number of nitrogens with zero attached hydrogens (tertiary/aromatic N) is 4. The standard InChI is InChI=1S/C19H20FN5O/c1-12-7-8-14(9-16(12)20)25-17-6-4-3-5-15(17)18(23-25)19(26)22-13-10-21-24(2)11-13/h7-11H,3-6H2,1-2H3,(H,22,26). The molecule has 3 aromatic rings. The van der Waals surface area contributed by atoms with Crippen LogP contribution in [0.4, 0.5) is 10.1 Å². The van der Waals surface area contributed by atoms with E-state index >= 15 is 0 Å². The lowest BCUT2D eigenvalue weighted by atomic mass is 9.95. The average molecular weight is 353 g/mol. The van der Waals surface area contributed by atoms with Crippen LogP contribution in [-0.4, -0.2) is 25.5 Å². The van der Waals surface area contributed by atoms with Crippen molar-refractivity contribution in [1.29, 1.82) is 0 Å². The number of hydrogen-bond donors (Lipinski definition) is 1. The highest BCUT2D eigenvalue weighted by Gasteiger charge is 2.26. The molecule has 2 heterocycles. The summed E-state index contributed by atoms with van der Waals surface area (Å²) in [4.78, 5) is 12.8. The van der Waals surface area contributed by atoms with Crippen LogP contribution in [0.15, 0.2) is 30.6 Å². The normalized spacial score (nSPS) is 13.5. The molecule has 0 fully saturated rings. The van der Waals surface area contributed by atoms with Crippen LogP contribution in [0.2, 0.25) is 0 Å². The maximum atomic E-state index is 14.0. The number of halogens is 1. The van der Waals surface area contributed by atoms with E-state index in [1.807, 2.05) is 6.07 Å². The lowest BCUT2D eigenvalue weighted by Gasteiger charge is -2.14. The molecule has 1 aliphatic carbocycles. The van der Waals surface area contributed by atoms with E-state index in [-0.39, 0.29) is 11.7 Å². The quantitative estimate of drug-likeness (QED) is 0.786. The summed E-state index contributed by atoms with van der Waals surface area (Å²) >= 11 is 0. The molecule has 0 saturated carbocycles. The molecule has 0 bridgehead atoms. The van der Waals surface area contributed by atoms with Crippen molar-refractivity contribution in [2.75, 3.05) is 5.32 Å². The zero-order valence-electron chi connectivity index (χ0n) is 14.8. The van der Waals surface area contributed by atoms with Gasteiger partial charge in [-0.1, -0.05) is 6.07 Å². The first kappa shape index (κ1) is 16.5. The van der Waals surface area contributed by atoms with E-state index in [0.29, 0.717) is 22.6 Å². The Morgan fingerprint density at radius 1 is 1.27 bits per heavy atom. The minimum Gasteiger partial charge on any atom is -0.318 e. The highest BCUT2D eigenvalue weighted by molar-refractivity contribution is 6.04. The number of hydrogen-bond acceptors (Lipinski definition) is 3. The highest BCUT2D eigenvalue weighted by Crippen LogP contribution is 2.28. The fourth-order valence-corrected chi connectivity index (χ4v) is 3.38.